The SMILES string of the molecule is CCc1ccc(C2=NN=C(C)C3C(C)CC(CC)C23)cc1. The van der Waals surface area contributed by atoms with E-state index in [1.165, 1.54) is 35.4 Å². The van der Waals surface area contributed by atoms with Crippen molar-refractivity contribution in [3.63, 3.8) is 0 Å². The van der Waals surface area contributed by atoms with E-state index < -0.39 is 0 Å². The second-order valence-corrected chi connectivity index (χ2v) is 6.71. The Morgan fingerprint density at radius 1 is 1.05 bits per heavy atom. The first-order chi connectivity index (χ1) is 10.2. The molecular formula is C19H26N2. The summed E-state index contributed by atoms with van der Waals surface area (Å²) in [5.41, 5.74) is 5.12. The summed E-state index contributed by atoms with van der Waals surface area (Å²) < 4.78 is 0. The van der Waals surface area contributed by atoms with Gasteiger partial charge in [-0.3, -0.25) is 0 Å². The molecule has 1 fully saturated rings. The van der Waals surface area contributed by atoms with Gasteiger partial charge in [0, 0.05) is 17.5 Å². The van der Waals surface area contributed by atoms with Crippen molar-refractivity contribution < 1.29 is 0 Å². The summed E-state index contributed by atoms with van der Waals surface area (Å²) in [6.45, 7) is 9.06. The highest BCUT2D eigenvalue weighted by atomic mass is 15.2. The third kappa shape index (κ3) is 2.45. The van der Waals surface area contributed by atoms with Crippen LogP contribution in [0.15, 0.2) is 34.5 Å². The maximum atomic E-state index is 4.62. The zero-order valence-electron chi connectivity index (χ0n) is 13.6. The predicted octanol–water partition coefficient (Wildman–Crippen LogP) is 4.73. The van der Waals surface area contributed by atoms with E-state index in [4.69, 9.17) is 0 Å². The van der Waals surface area contributed by atoms with E-state index in [1.807, 2.05) is 0 Å². The Morgan fingerprint density at radius 3 is 2.38 bits per heavy atom. The van der Waals surface area contributed by atoms with E-state index in [1.54, 1.807) is 0 Å². The van der Waals surface area contributed by atoms with Crippen LogP contribution >= 0.6 is 0 Å². The smallest absolute Gasteiger partial charge is 0.0742 e. The Labute approximate surface area is 128 Å². The van der Waals surface area contributed by atoms with E-state index in [0.29, 0.717) is 11.8 Å². The fourth-order valence-electron chi connectivity index (χ4n) is 4.33. The van der Waals surface area contributed by atoms with Crippen molar-refractivity contribution in [2.24, 2.45) is 33.9 Å². The molecular weight excluding hydrogens is 256 g/mol. The van der Waals surface area contributed by atoms with E-state index in [2.05, 4.69) is 62.2 Å². The Balaban J connectivity index is 1.99. The first-order valence-electron chi connectivity index (χ1n) is 8.37. The monoisotopic (exact) mass is 282 g/mol. The van der Waals surface area contributed by atoms with Gasteiger partial charge in [-0.25, -0.2) is 0 Å². The van der Waals surface area contributed by atoms with Crippen molar-refractivity contribution in [3.8, 4) is 0 Å². The van der Waals surface area contributed by atoms with Crippen LogP contribution in [0, 0.1) is 23.7 Å². The standard InChI is InChI=1S/C19H26N2/c1-5-14-7-9-16(10-8-14)19-18-15(6-2)11-12(3)17(18)13(4)20-21-19/h7-10,12,15,17-18H,5-6,11H2,1-4H3. The number of aryl methyl sites for hydroxylation is 1. The molecule has 1 saturated carbocycles. The summed E-state index contributed by atoms with van der Waals surface area (Å²) in [4.78, 5) is 0. The maximum absolute atomic E-state index is 4.62. The topological polar surface area (TPSA) is 24.7 Å². The number of fused-ring (bicyclic) bond motifs is 1. The van der Waals surface area contributed by atoms with Gasteiger partial charge in [-0.1, -0.05) is 51.5 Å². The molecule has 1 aromatic carbocycles. The molecule has 0 radical (unpaired) electrons. The Kier molecular flexibility index (Phi) is 3.97. The molecule has 21 heavy (non-hydrogen) atoms. The molecule has 1 aromatic rings. The van der Waals surface area contributed by atoms with Gasteiger partial charge < -0.3 is 0 Å². The first kappa shape index (κ1) is 14.5. The predicted molar refractivity (Wildman–Crippen MR) is 90.0 cm³/mol. The van der Waals surface area contributed by atoms with Gasteiger partial charge in [0.2, 0.25) is 0 Å². The highest BCUT2D eigenvalue weighted by Gasteiger charge is 2.46. The molecule has 0 aromatic heterocycles. The molecule has 112 valence electrons. The van der Waals surface area contributed by atoms with E-state index in [9.17, 15) is 0 Å². The summed E-state index contributed by atoms with van der Waals surface area (Å²) >= 11 is 0. The second-order valence-electron chi connectivity index (χ2n) is 6.71. The van der Waals surface area contributed by atoms with Gasteiger partial charge in [0.15, 0.2) is 0 Å². The molecule has 1 aliphatic heterocycles. The number of nitrogens with zero attached hydrogens (tertiary/aromatic N) is 2. The van der Waals surface area contributed by atoms with Gasteiger partial charge >= 0.3 is 0 Å². The van der Waals surface area contributed by atoms with Crippen molar-refractivity contribution >= 4 is 11.4 Å². The highest BCUT2D eigenvalue weighted by Crippen LogP contribution is 2.47. The molecule has 1 heterocycles. The summed E-state index contributed by atoms with van der Waals surface area (Å²) in [5, 5.41) is 9.11. The molecule has 0 amide bonds. The molecule has 0 N–H and O–H groups in total. The summed E-state index contributed by atoms with van der Waals surface area (Å²) in [5.74, 6) is 2.63. The molecule has 0 saturated heterocycles. The largest absolute Gasteiger partial charge is 0.160 e. The first-order valence-corrected chi connectivity index (χ1v) is 8.37. The second kappa shape index (κ2) is 5.75. The third-order valence-electron chi connectivity index (χ3n) is 5.48. The van der Waals surface area contributed by atoms with Gasteiger partial charge in [0.1, 0.15) is 0 Å². The molecule has 2 nitrogen and oxygen atoms in total. The number of rotatable bonds is 3. The number of hydrogen-bond acceptors (Lipinski definition) is 2. The molecule has 1 aliphatic carbocycles. The van der Waals surface area contributed by atoms with Crippen LogP contribution in [-0.2, 0) is 6.42 Å². The number of benzene rings is 1. The lowest BCUT2D eigenvalue weighted by Gasteiger charge is -2.29. The zero-order valence-corrected chi connectivity index (χ0v) is 13.6. The minimum atomic E-state index is 0.565. The molecule has 3 rings (SSSR count). The third-order valence-corrected chi connectivity index (χ3v) is 5.48. The summed E-state index contributed by atoms with van der Waals surface area (Å²) in [6, 6.07) is 8.94. The number of hydrogen-bond donors (Lipinski definition) is 0. The van der Waals surface area contributed by atoms with E-state index in [0.717, 1.165) is 18.3 Å². The minimum Gasteiger partial charge on any atom is -0.160 e. The van der Waals surface area contributed by atoms with Crippen LogP contribution in [0.5, 0.6) is 0 Å². The minimum absolute atomic E-state index is 0.565. The summed E-state index contributed by atoms with van der Waals surface area (Å²) in [6.07, 6.45) is 3.64. The van der Waals surface area contributed by atoms with Crippen molar-refractivity contribution in [3.05, 3.63) is 35.4 Å². The Hall–Kier alpha value is -1.44. The maximum Gasteiger partial charge on any atom is 0.0742 e. The normalized spacial score (nSPS) is 31.6. The van der Waals surface area contributed by atoms with Crippen LogP contribution in [0.2, 0.25) is 0 Å². The Morgan fingerprint density at radius 2 is 1.76 bits per heavy atom. The van der Waals surface area contributed by atoms with Crippen molar-refractivity contribution in [1.29, 1.82) is 0 Å². The molecule has 2 heteroatoms. The van der Waals surface area contributed by atoms with Gasteiger partial charge in [-0.2, -0.15) is 10.2 Å². The fraction of sp³-hybridized carbons (Fsp3) is 0.579. The van der Waals surface area contributed by atoms with Crippen molar-refractivity contribution in [2.75, 3.05) is 0 Å². The van der Waals surface area contributed by atoms with Crippen LogP contribution in [0.4, 0.5) is 0 Å². The fourth-order valence-corrected chi connectivity index (χ4v) is 4.33. The van der Waals surface area contributed by atoms with Gasteiger partial charge in [0.25, 0.3) is 0 Å². The van der Waals surface area contributed by atoms with Crippen LogP contribution in [0.25, 0.3) is 0 Å². The van der Waals surface area contributed by atoms with E-state index in [-0.39, 0.29) is 0 Å². The average Bonchev–Trinajstić information content (AvgIpc) is 2.86. The molecule has 2 aliphatic rings. The van der Waals surface area contributed by atoms with Gasteiger partial charge in [-0.05, 0) is 42.7 Å². The zero-order chi connectivity index (χ0) is 15.0. The van der Waals surface area contributed by atoms with Crippen LogP contribution in [0.1, 0.15) is 51.7 Å². The van der Waals surface area contributed by atoms with Crippen molar-refractivity contribution in [2.45, 2.75) is 47.0 Å². The van der Waals surface area contributed by atoms with Crippen LogP contribution in [-0.4, -0.2) is 11.4 Å². The van der Waals surface area contributed by atoms with E-state index >= 15 is 0 Å². The molecule has 4 atom stereocenters. The Bertz CT molecular complexity index is 568. The average molecular weight is 282 g/mol. The van der Waals surface area contributed by atoms with Gasteiger partial charge in [0.05, 0.1) is 5.71 Å². The molecule has 0 bridgehead atoms. The van der Waals surface area contributed by atoms with Crippen molar-refractivity contribution in [1.82, 2.24) is 0 Å². The summed E-state index contributed by atoms with van der Waals surface area (Å²) in [7, 11) is 0. The lowest BCUT2D eigenvalue weighted by atomic mass is 9.77. The quantitative estimate of drug-likeness (QED) is 0.766. The lowest BCUT2D eigenvalue weighted by molar-refractivity contribution is 0.438. The van der Waals surface area contributed by atoms with Crippen LogP contribution in [0.3, 0.4) is 0 Å². The lowest BCUT2D eigenvalue weighted by Crippen LogP contribution is -2.33. The molecule has 4 unspecified atom stereocenters. The van der Waals surface area contributed by atoms with Gasteiger partial charge in [-0.15, -0.1) is 0 Å². The van der Waals surface area contributed by atoms with Crippen LogP contribution < -0.4 is 0 Å². The highest BCUT2D eigenvalue weighted by molar-refractivity contribution is 6.07. The molecule has 0 spiro atoms.